The molecule has 0 N–H and O–H groups in total. The first-order valence-corrected chi connectivity index (χ1v) is 2.14. The molecule has 0 aliphatic rings. The summed E-state index contributed by atoms with van der Waals surface area (Å²) in [6.45, 7) is -1.25. The number of ketones is 1. The van der Waals surface area contributed by atoms with Crippen LogP contribution in [0.2, 0.25) is 0 Å². The van der Waals surface area contributed by atoms with E-state index in [1.54, 1.807) is 0 Å². The Labute approximate surface area is 48.7 Å². The number of hydrogen-bond acceptors (Lipinski definition) is 1. The molecule has 0 saturated carbocycles. The van der Waals surface area contributed by atoms with E-state index in [9.17, 15) is 22.4 Å². The van der Waals surface area contributed by atoms with E-state index in [0.29, 0.717) is 0 Å². The lowest BCUT2D eigenvalue weighted by molar-refractivity contribution is -0.171. The highest BCUT2D eigenvalue weighted by Gasteiger charge is 2.37. The maximum absolute atomic E-state index is 11.1. The highest BCUT2D eigenvalue weighted by molar-refractivity contribution is 5.83. The number of alkyl halides is 4. The van der Waals surface area contributed by atoms with Crippen molar-refractivity contribution < 1.29 is 22.4 Å². The van der Waals surface area contributed by atoms with Crippen LogP contribution in [0.1, 0.15) is 6.42 Å². The van der Waals surface area contributed by atoms with Gasteiger partial charge in [-0.1, -0.05) is 0 Å². The van der Waals surface area contributed by atoms with E-state index < -0.39 is 25.1 Å². The number of hydrogen-bond donors (Lipinski definition) is 0. The van der Waals surface area contributed by atoms with E-state index in [2.05, 4.69) is 0 Å². The summed E-state index contributed by atoms with van der Waals surface area (Å²) in [6, 6.07) is 0. The number of Topliss-reactive ketones (excluding diaryl/α,β-unsaturated/α-hetero) is 1. The molecule has 0 aromatic rings. The predicted molar refractivity (Wildman–Crippen MR) is 21.7 cm³/mol. The highest BCUT2D eigenvalue weighted by Crippen LogP contribution is 2.17. The summed E-state index contributed by atoms with van der Waals surface area (Å²) < 4.78 is 44.4. The number of carbonyl (C=O) groups is 1. The van der Waals surface area contributed by atoms with Gasteiger partial charge >= 0.3 is 6.18 Å². The van der Waals surface area contributed by atoms with Crippen LogP contribution in [0, 0.1) is 0 Å². The van der Waals surface area contributed by atoms with Gasteiger partial charge in [-0.15, -0.1) is 0 Å². The molecular formula is C4H4F4O. The van der Waals surface area contributed by atoms with E-state index in [4.69, 9.17) is 0 Å². The minimum atomic E-state index is -4.87. The molecule has 9 heavy (non-hydrogen) atoms. The number of carbonyl (C=O) groups excluding carboxylic acids is 1. The zero-order valence-electron chi connectivity index (χ0n) is 4.33. The molecule has 0 fully saturated rings. The molecule has 0 aromatic carbocycles. The third kappa shape index (κ3) is 3.05. The van der Waals surface area contributed by atoms with Crippen LogP contribution in [0.3, 0.4) is 0 Å². The Kier molecular flexibility index (Phi) is 2.61. The van der Waals surface area contributed by atoms with Gasteiger partial charge < -0.3 is 0 Å². The second kappa shape index (κ2) is 2.80. The Hall–Kier alpha value is -0.610. The van der Waals surface area contributed by atoms with Crippen molar-refractivity contribution in [3.63, 3.8) is 0 Å². The second-order valence-electron chi connectivity index (χ2n) is 1.36. The van der Waals surface area contributed by atoms with Crippen LogP contribution in [0.4, 0.5) is 17.6 Å². The van der Waals surface area contributed by atoms with Crippen molar-refractivity contribution in [3.05, 3.63) is 0 Å². The molecule has 0 bridgehead atoms. The zero-order valence-corrected chi connectivity index (χ0v) is 4.33. The first-order chi connectivity index (χ1) is 3.98. The van der Waals surface area contributed by atoms with Gasteiger partial charge in [0.05, 0.1) is 6.67 Å². The van der Waals surface area contributed by atoms with Gasteiger partial charge in [0.1, 0.15) is 0 Å². The van der Waals surface area contributed by atoms with Crippen molar-refractivity contribution in [2.45, 2.75) is 12.6 Å². The molecule has 0 aliphatic heterocycles. The third-order valence-electron chi connectivity index (χ3n) is 0.638. The lowest BCUT2D eigenvalue weighted by Gasteiger charge is -2.00. The smallest absolute Gasteiger partial charge is 0.289 e. The Morgan fingerprint density at radius 3 is 1.89 bits per heavy atom. The molecule has 5 heteroatoms. The molecule has 0 aromatic heterocycles. The Bertz CT molecular complexity index is 106. The van der Waals surface area contributed by atoms with E-state index in [1.165, 1.54) is 0 Å². The van der Waals surface area contributed by atoms with Crippen molar-refractivity contribution in [1.29, 1.82) is 0 Å². The zero-order chi connectivity index (χ0) is 7.49. The molecule has 0 heterocycles. The largest absolute Gasteiger partial charge is 0.450 e. The van der Waals surface area contributed by atoms with E-state index in [0.717, 1.165) is 0 Å². The predicted octanol–water partition coefficient (Wildman–Crippen LogP) is 1.48. The summed E-state index contributed by atoms with van der Waals surface area (Å²) in [6.07, 6.45) is -5.93. The molecule has 0 unspecified atom stereocenters. The first kappa shape index (κ1) is 8.39. The fourth-order valence-electron chi connectivity index (χ4n) is 0.228. The van der Waals surface area contributed by atoms with Gasteiger partial charge in [-0.05, 0) is 0 Å². The Morgan fingerprint density at radius 1 is 1.33 bits per heavy atom. The number of halogens is 4. The molecule has 0 amide bonds. The second-order valence-corrected chi connectivity index (χ2v) is 1.36. The van der Waals surface area contributed by atoms with Crippen molar-refractivity contribution in [1.82, 2.24) is 0 Å². The number of rotatable bonds is 2. The van der Waals surface area contributed by atoms with Gasteiger partial charge in [-0.2, -0.15) is 13.2 Å². The summed E-state index contributed by atoms with van der Waals surface area (Å²) in [5.41, 5.74) is 0. The van der Waals surface area contributed by atoms with Crippen LogP contribution in [0.25, 0.3) is 0 Å². The minimum absolute atomic E-state index is 1.07. The van der Waals surface area contributed by atoms with E-state index in [1.807, 2.05) is 0 Å². The molecule has 0 saturated heterocycles. The van der Waals surface area contributed by atoms with Gasteiger partial charge in [0.2, 0.25) is 5.78 Å². The maximum Gasteiger partial charge on any atom is 0.450 e. The van der Waals surface area contributed by atoms with Crippen LogP contribution in [-0.2, 0) is 4.79 Å². The summed E-state index contributed by atoms with van der Waals surface area (Å²) in [5.74, 6) is -2.01. The molecule has 1 nitrogen and oxygen atoms in total. The molecule has 0 atom stereocenters. The highest BCUT2D eigenvalue weighted by atomic mass is 19.4. The van der Waals surface area contributed by atoms with Crippen LogP contribution < -0.4 is 0 Å². The van der Waals surface area contributed by atoms with Gasteiger partial charge in [0, 0.05) is 6.42 Å². The topological polar surface area (TPSA) is 17.1 Å². The third-order valence-corrected chi connectivity index (χ3v) is 0.638. The molecule has 0 rings (SSSR count). The van der Waals surface area contributed by atoms with Crippen LogP contribution in [0.15, 0.2) is 0 Å². The summed E-state index contributed by atoms with van der Waals surface area (Å²) in [4.78, 5) is 9.70. The van der Waals surface area contributed by atoms with Crippen LogP contribution in [0.5, 0.6) is 0 Å². The monoisotopic (exact) mass is 144 g/mol. The normalized spacial score (nSPS) is 11.6. The van der Waals surface area contributed by atoms with Gasteiger partial charge in [0.25, 0.3) is 0 Å². The van der Waals surface area contributed by atoms with Crippen molar-refractivity contribution in [3.8, 4) is 0 Å². The standard InChI is InChI=1S/C4H4F4O/c5-2-1-3(9)4(6,7)8/h1-2H2. The molecule has 0 aliphatic carbocycles. The minimum Gasteiger partial charge on any atom is -0.289 e. The molecule has 54 valence electrons. The molecule has 0 spiro atoms. The molecule has 0 radical (unpaired) electrons. The maximum atomic E-state index is 11.1. The average Bonchev–Trinajstić information content (AvgIpc) is 1.64. The Balaban J connectivity index is 3.74. The van der Waals surface area contributed by atoms with Crippen LogP contribution in [-0.4, -0.2) is 18.6 Å². The van der Waals surface area contributed by atoms with E-state index in [-0.39, 0.29) is 0 Å². The summed E-state index contributed by atoms with van der Waals surface area (Å²) >= 11 is 0. The average molecular weight is 144 g/mol. The Morgan fingerprint density at radius 2 is 1.78 bits per heavy atom. The van der Waals surface area contributed by atoms with Crippen molar-refractivity contribution >= 4 is 5.78 Å². The van der Waals surface area contributed by atoms with E-state index >= 15 is 0 Å². The fourth-order valence-corrected chi connectivity index (χ4v) is 0.228. The van der Waals surface area contributed by atoms with Crippen LogP contribution >= 0.6 is 0 Å². The lowest BCUT2D eigenvalue weighted by Crippen LogP contribution is -2.22. The quantitative estimate of drug-likeness (QED) is 0.536. The summed E-state index contributed by atoms with van der Waals surface area (Å²) in [5, 5.41) is 0. The first-order valence-electron chi connectivity index (χ1n) is 2.14. The van der Waals surface area contributed by atoms with Gasteiger partial charge in [0.15, 0.2) is 0 Å². The van der Waals surface area contributed by atoms with Gasteiger partial charge in [-0.25, -0.2) is 0 Å². The summed E-state index contributed by atoms with van der Waals surface area (Å²) in [7, 11) is 0. The van der Waals surface area contributed by atoms with Crippen molar-refractivity contribution in [2.75, 3.05) is 6.67 Å². The van der Waals surface area contributed by atoms with Crippen molar-refractivity contribution in [2.24, 2.45) is 0 Å². The fraction of sp³-hybridized carbons (Fsp3) is 0.750. The van der Waals surface area contributed by atoms with Gasteiger partial charge in [-0.3, -0.25) is 9.18 Å². The molecular weight excluding hydrogens is 140 g/mol. The lowest BCUT2D eigenvalue weighted by atomic mass is 10.3. The SMILES string of the molecule is O=C(CCF)C(F)(F)F.